The highest BCUT2D eigenvalue weighted by Crippen LogP contribution is 2.22. The van der Waals surface area contributed by atoms with Crippen molar-refractivity contribution in [3.63, 3.8) is 0 Å². The number of carbonyl (C=O) groups excluding carboxylic acids is 2. The lowest BCUT2D eigenvalue weighted by molar-refractivity contribution is -0.141. The Morgan fingerprint density at radius 1 is 0.810 bits per heavy atom. The number of amides is 2. The van der Waals surface area contributed by atoms with Gasteiger partial charge in [-0.2, -0.15) is 4.31 Å². The minimum absolute atomic E-state index is 0.109. The molecule has 0 saturated heterocycles. The molecule has 4 aromatic rings. The van der Waals surface area contributed by atoms with Crippen molar-refractivity contribution in [2.24, 2.45) is 5.92 Å². The van der Waals surface area contributed by atoms with E-state index in [0.717, 1.165) is 31.8 Å². The van der Waals surface area contributed by atoms with Crippen LogP contribution in [-0.2, 0) is 32.6 Å². The van der Waals surface area contributed by atoms with Crippen LogP contribution >= 0.6 is 0 Å². The van der Waals surface area contributed by atoms with Gasteiger partial charge in [-0.3, -0.25) is 9.59 Å². The first-order valence-corrected chi connectivity index (χ1v) is 15.6. The third-order valence-corrected chi connectivity index (χ3v) is 8.98. The summed E-state index contributed by atoms with van der Waals surface area (Å²) in [5.74, 6) is -0.497. The molecule has 4 aromatic carbocycles. The first kappa shape index (κ1) is 30.9. The zero-order valence-electron chi connectivity index (χ0n) is 24.7. The summed E-state index contributed by atoms with van der Waals surface area (Å²) >= 11 is 0. The zero-order valence-corrected chi connectivity index (χ0v) is 25.5. The van der Waals surface area contributed by atoms with Crippen molar-refractivity contribution >= 4 is 32.6 Å². The Bertz CT molecular complexity index is 1640. The average Bonchev–Trinajstić information content (AvgIpc) is 2.97. The number of hydrogen-bond acceptors (Lipinski definition) is 4. The molecular weight excluding hydrogens is 546 g/mol. The quantitative estimate of drug-likeness (QED) is 0.248. The SMILES string of the molecule is Cc1cccc(CN(C(=O)CN(C)S(=O)(=O)c2ccc3ccccc3c2)[C@@H](Cc2ccccc2)C(=O)NCC(C)C)c1. The van der Waals surface area contributed by atoms with Gasteiger partial charge in [-0.15, -0.1) is 0 Å². The molecule has 0 aromatic heterocycles. The van der Waals surface area contributed by atoms with Gasteiger partial charge in [0.05, 0.1) is 11.4 Å². The Hall–Kier alpha value is -4.01. The van der Waals surface area contributed by atoms with Crippen molar-refractivity contribution in [1.82, 2.24) is 14.5 Å². The molecule has 8 heteroatoms. The van der Waals surface area contributed by atoms with Gasteiger partial charge in [0.15, 0.2) is 0 Å². The van der Waals surface area contributed by atoms with Gasteiger partial charge in [0.1, 0.15) is 6.04 Å². The van der Waals surface area contributed by atoms with E-state index in [4.69, 9.17) is 0 Å². The zero-order chi connectivity index (χ0) is 30.3. The summed E-state index contributed by atoms with van der Waals surface area (Å²) in [7, 11) is -2.58. The molecule has 1 atom stereocenters. The molecule has 0 saturated carbocycles. The maximum Gasteiger partial charge on any atom is 0.243 e. The van der Waals surface area contributed by atoms with Gasteiger partial charge in [0.2, 0.25) is 21.8 Å². The van der Waals surface area contributed by atoms with Crippen molar-refractivity contribution in [3.05, 3.63) is 114 Å². The largest absolute Gasteiger partial charge is 0.354 e. The van der Waals surface area contributed by atoms with E-state index in [1.165, 1.54) is 11.9 Å². The van der Waals surface area contributed by atoms with Crippen LogP contribution in [0.1, 0.15) is 30.5 Å². The highest BCUT2D eigenvalue weighted by Gasteiger charge is 2.33. The molecule has 0 bridgehead atoms. The molecule has 0 radical (unpaired) electrons. The van der Waals surface area contributed by atoms with Crippen LogP contribution in [0.4, 0.5) is 0 Å². The number of nitrogens with one attached hydrogen (secondary N) is 1. The Labute approximate surface area is 249 Å². The second-order valence-electron chi connectivity index (χ2n) is 11.1. The second-order valence-corrected chi connectivity index (χ2v) is 13.2. The summed E-state index contributed by atoms with van der Waals surface area (Å²) in [5.41, 5.74) is 2.79. The fraction of sp³-hybridized carbons (Fsp3) is 0.294. The van der Waals surface area contributed by atoms with E-state index >= 15 is 0 Å². The number of aryl methyl sites for hydroxylation is 1. The molecule has 0 heterocycles. The Morgan fingerprint density at radius 2 is 1.48 bits per heavy atom. The van der Waals surface area contributed by atoms with Crippen LogP contribution in [0.3, 0.4) is 0 Å². The maximum absolute atomic E-state index is 14.0. The van der Waals surface area contributed by atoms with E-state index in [9.17, 15) is 18.0 Å². The van der Waals surface area contributed by atoms with Crippen LogP contribution in [0.25, 0.3) is 10.8 Å². The first-order chi connectivity index (χ1) is 20.0. The number of likely N-dealkylation sites (N-methyl/N-ethyl adjacent to an activating group) is 1. The summed E-state index contributed by atoms with van der Waals surface area (Å²) in [6.45, 7) is 6.20. The summed E-state index contributed by atoms with van der Waals surface area (Å²) in [6.07, 6.45) is 0.295. The van der Waals surface area contributed by atoms with Gasteiger partial charge in [-0.05, 0) is 46.9 Å². The van der Waals surface area contributed by atoms with Crippen molar-refractivity contribution in [2.75, 3.05) is 20.1 Å². The minimum Gasteiger partial charge on any atom is -0.354 e. The lowest BCUT2D eigenvalue weighted by Gasteiger charge is -2.33. The molecule has 0 aliphatic rings. The van der Waals surface area contributed by atoms with Gasteiger partial charge in [-0.1, -0.05) is 104 Å². The number of hydrogen-bond donors (Lipinski definition) is 1. The maximum atomic E-state index is 14.0. The molecule has 42 heavy (non-hydrogen) atoms. The van der Waals surface area contributed by atoms with E-state index in [1.807, 2.05) is 99.6 Å². The molecule has 220 valence electrons. The van der Waals surface area contributed by atoms with Gasteiger partial charge in [0.25, 0.3) is 0 Å². The predicted molar refractivity (Wildman–Crippen MR) is 167 cm³/mol. The summed E-state index contributed by atoms with van der Waals surface area (Å²) in [4.78, 5) is 29.3. The Kier molecular flexibility index (Phi) is 10.1. The number of nitrogens with zero attached hydrogens (tertiary/aromatic N) is 2. The van der Waals surface area contributed by atoms with Gasteiger partial charge in [0, 0.05) is 26.6 Å². The van der Waals surface area contributed by atoms with Crippen molar-refractivity contribution < 1.29 is 18.0 Å². The third kappa shape index (κ3) is 7.84. The molecule has 2 amide bonds. The molecule has 7 nitrogen and oxygen atoms in total. The number of fused-ring (bicyclic) bond motifs is 1. The minimum atomic E-state index is -3.98. The molecule has 0 aliphatic heterocycles. The van der Waals surface area contributed by atoms with Crippen molar-refractivity contribution in [2.45, 2.75) is 44.7 Å². The lowest BCUT2D eigenvalue weighted by atomic mass is 10.0. The van der Waals surface area contributed by atoms with E-state index in [0.29, 0.717) is 13.0 Å². The molecular formula is C34H39N3O4S. The standard InChI is InChI=1S/C34H39N3O4S/c1-25(2)22-35-34(39)32(20-27-12-6-5-7-13-27)37(23-28-14-10-11-26(3)19-28)33(38)24-36(4)42(40,41)31-18-17-29-15-8-9-16-30(29)21-31/h5-19,21,25,32H,20,22-24H2,1-4H3,(H,35,39)/t32-/m0/s1. The monoisotopic (exact) mass is 585 g/mol. The molecule has 4 rings (SSSR count). The number of carbonyl (C=O) groups is 2. The number of benzene rings is 4. The number of sulfonamides is 1. The Balaban J connectivity index is 1.67. The van der Waals surface area contributed by atoms with Gasteiger partial charge < -0.3 is 10.2 Å². The second kappa shape index (κ2) is 13.8. The van der Waals surface area contributed by atoms with Crippen LogP contribution in [0, 0.1) is 12.8 Å². The molecule has 0 aliphatic carbocycles. The Morgan fingerprint density at radius 3 is 2.17 bits per heavy atom. The predicted octanol–water partition coefficient (Wildman–Crippen LogP) is 5.18. The van der Waals surface area contributed by atoms with Gasteiger partial charge >= 0.3 is 0 Å². The lowest BCUT2D eigenvalue weighted by Crippen LogP contribution is -2.53. The first-order valence-electron chi connectivity index (χ1n) is 14.2. The number of rotatable bonds is 12. The van der Waals surface area contributed by atoms with E-state index in [1.54, 1.807) is 18.2 Å². The van der Waals surface area contributed by atoms with Crippen molar-refractivity contribution in [3.8, 4) is 0 Å². The van der Waals surface area contributed by atoms with Crippen LogP contribution in [0.15, 0.2) is 102 Å². The van der Waals surface area contributed by atoms with E-state index in [-0.39, 0.29) is 23.3 Å². The molecule has 0 unspecified atom stereocenters. The normalized spacial score (nSPS) is 12.4. The molecule has 1 N–H and O–H groups in total. The fourth-order valence-corrected chi connectivity index (χ4v) is 6.01. The van der Waals surface area contributed by atoms with Crippen LogP contribution in [0.2, 0.25) is 0 Å². The van der Waals surface area contributed by atoms with Gasteiger partial charge in [-0.25, -0.2) is 8.42 Å². The molecule has 0 spiro atoms. The smallest absolute Gasteiger partial charge is 0.243 e. The van der Waals surface area contributed by atoms with E-state index < -0.39 is 28.5 Å². The van der Waals surface area contributed by atoms with Crippen molar-refractivity contribution in [1.29, 1.82) is 0 Å². The van der Waals surface area contributed by atoms with Crippen LogP contribution in [-0.4, -0.2) is 55.6 Å². The fourth-order valence-electron chi connectivity index (χ4n) is 4.86. The highest BCUT2D eigenvalue weighted by molar-refractivity contribution is 7.89. The van der Waals surface area contributed by atoms with Crippen LogP contribution < -0.4 is 5.32 Å². The van der Waals surface area contributed by atoms with Crippen LogP contribution in [0.5, 0.6) is 0 Å². The van der Waals surface area contributed by atoms with E-state index in [2.05, 4.69) is 5.32 Å². The third-order valence-electron chi connectivity index (χ3n) is 7.18. The summed E-state index contributed by atoms with van der Waals surface area (Å²) < 4.78 is 28.2. The average molecular weight is 586 g/mol. The summed E-state index contributed by atoms with van der Waals surface area (Å²) in [6, 6.07) is 28.9. The molecule has 0 fully saturated rings. The topological polar surface area (TPSA) is 86.8 Å². The summed E-state index contributed by atoms with van der Waals surface area (Å²) in [5, 5.41) is 4.72. The highest BCUT2D eigenvalue weighted by atomic mass is 32.2.